The van der Waals surface area contributed by atoms with E-state index in [-0.39, 0.29) is 6.04 Å². The molecule has 2 rings (SSSR count). The number of H-pyrrole nitrogens is 1. The van der Waals surface area contributed by atoms with E-state index in [1.165, 1.54) is 10.9 Å². The average Bonchev–Trinajstić information content (AvgIpc) is 2.65. The number of hydrogen-bond acceptors (Lipinski definition) is 2. The lowest BCUT2D eigenvalue weighted by Gasteiger charge is -2.11. The lowest BCUT2D eigenvalue weighted by Crippen LogP contribution is -2.27. The van der Waals surface area contributed by atoms with Gasteiger partial charge in [-0.2, -0.15) is 0 Å². The molecule has 0 aliphatic rings. The van der Waals surface area contributed by atoms with Gasteiger partial charge in [0.2, 0.25) is 0 Å². The van der Waals surface area contributed by atoms with E-state index in [2.05, 4.69) is 29.5 Å². The maximum Gasteiger partial charge on any atom is 0.0478 e. The summed E-state index contributed by atoms with van der Waals surface area (Å²) in [6, 6.07) is 8.48. The molecule has 1 unspecified atom stereocenters. The molecule has 1 heterocycles. The van der Waals surface area contributed by atoms with Crippen LogP contribution in [0.4, 0.5) is 0 Å². The van der Waals surface area contributed by atoms with Crippen molar-refractivity contribution in [2.45, 2.75) is 19.4 Å². The maximum absolute atomic E-state index is 5.50. The number of fused-ring (bicyclic) bond motifs is 1. The molecule has 0 saturated carbocycles. The molecule has 0 aliphatic heterocycles. The fraction of sp³-hybridized carbons (Fsp3) is 0.273. The molecule has 0 aliphatic carbocycles. The Morgan fingerprint density at radius 1 is 1.43 bits per heavy atom. The number of para-hydroxylation sites is 1. The van der Waals surface area contributed by atoms with Crippen LogP contribution in [0.15, 0.2) is 30.5 Å². The third kappa shape index (κ3) is 1.41. The summed E-state index contributed by atoms with van der Waals surface area (Å²) in [6.45, 7) is 2.12. The zero-order valence-electron chi connectivity index (χ0n) is 8.25. The van der Waals surface area contributed by atoms with E-state index >= 15 is 0 Å². The van der Waals surface area contributed by atoms with Gasteiger partial charge in [0.25, 0.3) is 0 Å². The van der Waals surface area contributed by atoms with Crippen molar-refractivity contribution in [1.82, 2.24) is 10.4 Å². The smallest absolute Gasteiger partial charge is 0.0478 e. The van der Waals surface area contributed by atoms with E-state index in [0.29, 0.717) is 0 Å². The Balaban J connectivity index is 2.51. The highest BCUT2D eigenvalue weighted by Gasteiger charge is 2.11. The molecule has 0 spiro atoms. The van der Waals surface area contributed by atoms with Gasteiger partial charge in [-0.25, -0.2) is 0 Å². The Morgan fingerprint density at radius 2 is 2.21 bits per heavy atom. The van der Waals surface area contributed by atoms with Crippen LogP contribution < -0.4 is 11.3 Å². The molecule has 14 heavy (non-hydrogen) atoms. The molecule has 3 heteroatoms. The number of aromatic nitrogens is 1. The first-order valence-electron chi connectivity index (χ1n) is 4.89. The largest absolute Gasteiger partial charge is 0.361 e. The summed E-state index contributed by atoms with van der Waals surface area (Å²) in [7, 11) is 0. The van der Waals surface area contributed by atoms with Crippen molar-refractivity contribution in [3.8, 4) is 0 Å². The van der Waals surface area contributed by atoms with Crippen molar-refractivity contribution in [2.75, 3.05) is 0 Å². The summed E-state index contributed by atoms with van der Waals surface area (Å²) >= 11 is 0. The molecule has 2 aromatic rings. The highest BCUT2D eigenvalue weighted by Crippen LogP contribution is 2.24. The van der Waals surface area contributed by atoms with Gasteiger partial charge in [0, 0.05) is 23.1 Å². The lowest BCUT2D eigenvalue weighted by atomic mass is 10.0. The first kappa shape index (κ1) is 9.24. The van der Waals surface area contributed by atoms with Gasteiger partial charge < -0.3 is 4.98 Å². The quantitative estimate of drug-likeness (QED) is 0.511. The van der Waals surface area contributed by atoms with E-state index in [4.69, 9.17) is 5.84 Å². The Morgan fingerprint density at radius 3 is 2.93 bits per heavy atom. The van der Waals surface area contributed by atoms with Gasteiger partial charge in [0.1, 0.15) is 0 Å². The summed E-state index contributed by atoms with van der Waals surface area (Å²) in [6.07, 6.45) is 3.01. The van der Waals surface area contributed by atoms with Crippen LogP contribution in [0, 0.1) is 0 Å². The fourth-order valence-electron chi connectivity index (χ4n) is 1.81. The fourth-order valence-corrected chi connectivity index (χ4v) is 1.81. The van der Waals surface area contributed by atoms with Gasteiger partial charge in [-0.1, -0.05) is 25.1 Å². The molecular formula is C11H15N3. The number of benzene rings is 1. The van der Waals surface area contributed by atoms with Gasteiger partial charge in [-0.05, 0) is 18.1 Å². The first-order valence-corrected chi connectivity index (χ1v) is 4.89. The number of hydrogen-bond donors (Lipinski definition) is 3. The van der Waals surface area contributed by atoms with Gasteiger partial charge >= 0.3 is 0 Å². The molecule has 74 valence electrons. The maximum atomic E-state index is 5.50. The Labute approximate surface area is 83.3 Å². The molecule has 4 N–H and O–H groups in total. The van der Waals surface area contributed by atoms with Gasteiger partial charge in [0.15, 0.2) is 0 Å². The van der Waals surface area contributed by atoms with Crippen LogP contribution in [0.5, 0.6) is 0 Å². The Hall–Kier alpha value is -1.32. The molecule has 1 atom stereocenters. The normalized spacial score (nSPS) is 13.3. The van der Waals surface area contributed by atoms with Crippen molar-refractivity contribution in [3.63, 3.8) is 0 Å². The second-order valence-electron chi connectivity index (χ2n) is 3.42. The van der Waals surface area contributed by atoms with Crippen LogP contribution in [0.25, 0.3) is 10.9 Å². The summed E-state index contributed by atoms with van der Waals surface area (Å²) in [5, 5.41) is 1.25. The zero-order chi connectivity index (χ0) is 9.97. The number of nitrogens with two attached hydrogens (primary N) is 1. The molecule has 0 saturated heterocycles. The minimum Gasteiger partial charge on any atom is -0.361 e. The van der Waals surface area contributed by atoms with E-state index in [9.17, 15) is 0 Å². The predicted molar refractivity (Wildman–Crippen MR) is 58.7 cm³/mol. The molecule has 0 amide bonds. The number of hydrazine groups is 1. The first-order chi connectivity index (χ1) is 6.86. The molecule has 0 bridgehead atoms. The van der Waals surface area contributed by atoms with Crippen LogP contribution in [0.1, 0.15) is 24.9 Å². The number of aromatic amines is 1. The van der Waals surface area contributed by atoms with Crippen molar-refractivity contribution in [1.29, 1.82) is 0 Å². The average molecular weight is 189 g/mol. The number of rotatable bonds is 3. The molecule has 1 aromatic heterocycles. The van der Waals surface area contributed by atoms with Crippen LogP contribution in [0.2, 0.25) is 0 Å². The van der Waals surface area contributed by atoms with Crippen LogP contribution in [-0.4, -0.2) is 4.98 Å². The summed E-state index contributed by atoms with van der Waals surface area (Å²) in [5.41, 5.74) is 5.23. The van der Waals surface area contributed by atoms with Gasteiger partial charge in [-0.3, -0.25) is 11.3 Å². The minimum absolute atomic E-state index is 0.228. The summed E-state index contributed by atoms with van der Waals surface area (Å²) in [4.78, 5) is 3.24. The van der Waals surface area contributed by atoms with Crippen LogP contribution in [-0.2, 0) is 0 Å². The van der Waals surface area contributed by atoms with Gasteiger partial charge in [-0.15, -0.1) is 0 Å². The van der Waals surface area contributed by atoms with Crippen molar-refractivity contribution in [3.05, 3.63) is 36.0 Å². The van der Waals surface area contributed by atoms with E-state index in [0.717, 1.165) is 11.9 Å². The number of nitrogens with one attached hydrogen (secondary N) is 2. The highest BCUT2D eigenvalue weighted by atomic mass is 15.2. The lowest BCUT2D eigenvalue weighted by molar-refractivity contribution is 0.542. The van der Waals surface area contributed by atoms with Crippen molar-refractivity contribution < 1.29 is 0 Å². The van der Waals surface area contributed by atoms with Crippen LogP contribution >= 0.6 is 0 Å². The van der Waals surface area contributed by atoms with Gasteiger partial charge in [0.05, 0.1) is 0 Å². The minimum atomic E-state index is 0.228. The van der Waals surface area contributed by atoms with Crippen molar-refractivity contribution >= 4 is 10.9 Å². The Bertz CT molecular complexity index is 415. The third-order valence-corrected chi connectivity index (χ3v) is 2.61. The molecular weight excluding hydrogens is 174 g/mol. The third-order valence-electron chi connectivity index (χ3n) is 2.61. The van der Waals surface area contributed by atoms with Crippen molar-refractivity contribution in [2.24, 2.45) is 5.84 Å². The van der Waals surface area contributed by atoms with Crippen LogP contribution in [0.3, 0.4) is 0 Å². The van der Waals surface area contributed by atoms with E-state index < -0.39 is 0 Å². The second kappa shape index (κ2) is 3.82. The molecule has 1 aromatic carbocycles. The highest BCUT2D eigenvalue weighted by molar-refractivity contribution is 5.83. The standard InChI is InChI=1S/C11H15N3/c1-2-10(14-12)9-7-13-11-6-4-3-5-8(9)11/h3-7,10,13-14H,2,12H2,1H3. The molecule has 0 radical (unpaired) electrons. The molecule has 3 nitrogen and oxygen atoms in total. The topological polar surface area (TPSA) is 53.8 Å². The van der Waals surface area contributed by atoms with E-state index in [1.54, 1.807) is 0 Å². The van der Waals surface area contributed by atoms with E-state index in [1.807, 2.05) is 18.3 Å². The monoisotopic (exact) mass is 189 g/mol. The Kier molecular flexibility index (Phi) is 2.52. The molecule has 0 fully saturated rings. The SMILES string of the molecule is CCC(NN)c1c[nH]c2ccccc12. The summed E-state index contributed by atoms with van der Waals surface area (Å²) in [5.74, 6) is 5.50. The second-order valence-corrected chi connectivity index (χ2v) is 3.42. The summed E-state index contributed by atoms with van der Waals surface area (Å²) < 4.78 is 0. The predicted octanol–water partition coefficient (Wildman–Crippen LogP) is 2.08. The zero-order valence-corrected chi connectivity index (χ0v) is 8.25.